The highest BCUT2D eigenvalue weighted by atomic mass is 35.5. The van der Waals surface area contributed by atoms with Crippen molar-refractivity contribution in [1.82, 2.24) is 4.67 Å². The highest BCUT2D eigenvalue weighted by Crippen LogP contribution is 2.65. The van der Waals surface area contributed by atoms with Gasteiger partial charge in [0.25, 0.3) is 5.69 Å². The van der Waals surface area contributed by atoms with E-state index in [4.69, 9.17) is 37.4 Å². The fourth-order valence-electron chi connectivity index (χ4n) is 6.51. The number of hydrogen-bond donors (Lipinski definition) is 0. The minimum Gasteiger partial charge on any atom is -0.408 e. The Morgan fingerprint density at radius 2 is 1.71 bits per heavy atom. The number of nitro benzene ring substituents is 1. The maximum atomic E-state index is 14.3. The number of nitro groups is 1. The van der Waals surface area contributed by atoms with Crippen LogP contribution in [-0.2, 0) is 17.6 Å². The summed E-state index contributed by atoms with van der Waals surface area (Å²) < 4.78 is 21.1. The number of carbonyl (C=O) groups excluding carboxylic acids is 1. The SMILES string of the molecule is O=C1Oc2c(cc3c4c2CCCN4CCC3)[P@@](=Nc2ccccc2[N+](=O)[O-])(N2CCOCC2)N1c1ccc(Cl)c(Cl)c1. The summed E-state index contributed by atoms with van der Waals surface area (Å²) in [5.41, 5.74) is 3.89. The molecule has 1 saturated heterocycles. The van der Waals surface area contributed by atoms with E-state index in [0.717, 1.165) is 55.3 Å². The van der Waals surface area contributed by atoms with E-state index < -0.39 is 18.4 Å². The Bertz CT molecular complexity index is 1680. The summed E-state index contributed by atoms with van der Waals surface area (Å²) in [5, 5.41) is 13.6. The first kappa shape index (κ1) is 27.7. The molecule has 3 aromatic rings. The molecule has 0 radical (unpaired) electrons. The number of carbonyl (C=O) groups is 1. The van der Waals surface area contributed by atoms with Crippen molar-refractivity contribution in [2.75, 3.05) is 49.0 Å². The van der Waals surface area contributed by atoms with Crippen molar-refractivity contribution in [2.24, 2.45) is 4.74 Å². The maximum Gasteiger partial charge on any atom is 0.425 e. The lowest BCUT2D eigenvalue weighted by molar-refractivity contribution is -0.384. The van der Waals surface area contributed by atoms with Crippen molar-refractivity contribution >= 4 is 64.7 Å². The summed E-state index contributed by atoms with van der Waals surface area (Å²) >= 11 is 12.8. The second-order valence-electron chi connectivity index (χ2n) is 10.7. The lowest BCUT2D eigenvalue weighted by atomic mass is 9.91. The number of fused-ring (bicyclic) bond motifs is 2. The summed E-state index contributed by atoms with van der Waals surface area (Å²) in [6.45, 7) is 3.74. The molecule has 10 nitrogen and oxygen atoms in total. The Hall–Kier alpha value is -3.14. The van der Waals surface area contributed by atoms with Crippen molar-refractivity contribution in [1.29, 1.82) is 0 Å². The van der Waals surface area contributed by atoms with Crippen LogP contribution in [0.15, 0.2) is 53.3 Å². The van der Waals surface area contributed by atoms with Crippen LogP contribution in [0.1, 0.15) is 24.0 Å². The zero-order valence-corrected chi connectivity index (χ0v) is 25.1. The quantitative estimate of drug-likeness (QED) is 0.175. The third-order valence-electron chi connectivity index (χ3n) is 8.27. The topological polar surface area (TPSA) is 101 Å². The van der Waals surface area contributed by atoms with Gasteiger partial charge >= 0.3 is 6.09 Å². The molecule has 0 aromatic heterocycles. The molecule has 0 unspecified atom stereocenters. The van der Waals surface area contributed by atoms with Crippen molar-refractivity contribution in [2.45, 2.75) is 25.7 Å². The van der Waals surface area contributed by atoms with Crippen molar-refractivity contribution in [3.05, 3.63) is 79.8 Å². The van der Waals surface area contributed by atoms with E-state index >= 15 is 0 Å². The Labute approximate surface area is 253 Å². The monoisotopic (exact) mass is 627 g/mol. The van der Waals surface area contributed by atoms with Gasteiger partial charge in [0.1, 0.15) is 11.4 Å². The van der Waals surface area contributed by atoms with Crippen LogP contribution >= 0.6 is 30.6 Å². The van der Waals surface area contributed by atoms with Crippen LogP contribution in [0.3, 0.4) is 0 Å². The first-order chi connectivity index (χ1) is 20.4. The van der Waals surface area contributed by atoms with Crippen LogP contribution in [0.4, 0.5) is 27.5 Å². The van der Waals surface area contributed by atoms with Gasteiger partial charge in [-0.05, 0) is 61.6 Å². The summed E-state index contributed by atoms with van der Waals surface area (Å²) in [7, 11) is -3.34. The molecule has 218 valence electrons. The molecule has 1 fully saturated rings. The molecular weight excluding hydrogens is 600 g/mol. The van der Waals surface area contributed by atoms with Gasteiger partial charge in [-0.2, -0.15) is 0 Å². The number of rotatable bonds is 4. The van der Waals surface area contributed by atoms with Gasteiger partial charge in [0.05, 0.1) is 39.2 Å². The second kappa shape index (κ2) is 10.8. The summed E-state index contributed by atoms with van der Waals surface area (Å²) in [6, 6.07) is 13.5. The highest BCUT2D eigenvalue weighted by Gasteiger charge is 2.50. The van der Waals surface area contributed by atoms with Gasteiger partial charge in [-0.15, -0.1) is 0 Å². The van der Waals surface area contributed by atoms with E-state index in [0.29, 0.717) is 42.8 Å². The van der Waals surface area contributed by atoms with Crippen LogP contribution in [-0.4, -0.2) is 55.1 Å². The lowest BCUT2D eigenvalue weighted by Crippen LogP contribution is -2.50. The predicted molar refractivity (Wildman–Crippen MR) is 164 cm³/mol. The maximum absolute atomic E-state index is 14.3. The molecule has 13 heteroatoms. The zero-order chi connectivity index (χ0) is 29.0. The first-order valence-electron chi connectivity index (χ1n) is 14.0. The minimum atomic E-state index is -3.34. The Kier molecular flexibility index (Phi) is 7.15. The summed E-state index contributed by atoms with van der Waals surface area (Å²) in [6.07, 6.45) is 3.03. The first-order valence-corrected chi connectivity index (χ1v) is 16.4. The van der Waals surface area contributed by atoms with Gasteiger partial charge in [-0.1, -0.05) is 35.3 Å². The van der Waals surface area contributed by atoms with E-state index in [1.165, 1.54) is 11.6 Å². The highest BCUT2D eigenvalue weighted by molar-refractivity contribution is 7.74. The molecular formula is C29H28Cl2N5O5P. The largest absolute Gasteiger partial charge is 0.425 e. The lowest BCUT2D eigenvalue weighted by Gasteiger charge is -2.48. The minimum absolute atomic E-state index is 0.134. The smallest absolute Gasteiger partial charge is 0.408 e. The summed E-state index contributed by atoms with van der Waals surface area (Å²) in [4.78, 5) is 28.5. The van der Waals surface area contributed by atoms with Crippen molar-refractivity contribution < 1.29 is 19.2 Å². The molecule has 1 amide bonds. The molecule has 4 heterocycles. The molecule has 4 aliphatic rings. The Balaban J connectivity index is 1.62. The van der Waals surface area contributed by atoms with Crippen LogP contribution in [0.25, 0.3) is 0 Å². The number of morpholine rings is 1. The molecule has 0 spiro atoms. The molecule has 3 aromatic carbocycles. The zero-order valence-electron chi connectivity index (χ0n) is 22.7. The number of amides is 1. The second-order valence-corrected chi connectivity index (χ2v) is 14.3. The van der Waals surface area contributed by atoms with Gasteiger partial charge in [-0.3, -0.25) is 10.1 Å². The number of hydrogen-bond acceptors (Lipinski definition) is 7. The molecule has 42 heavy (non-hydrogen) atoms. The van der Waals surface area contributed by atoms with Crippen molar-refractivity contribution in [3.63, 3.8) is 0 Å². The third kappa shape index (κ3) is 4.39. The number of ether oxygens (including phenoxy) is 2. The molecule has 4 aliphatic heterocycles. The molecule has 0 saturated carbocycles. The summed E-state index contributed by atoms with van der Waals surface area (Å²) in [5.74, 6) is 0.531. The molecule has 1 atom stereocenters. The fourth-order valence-corrected chi connectivity index (χ4v) is 10.6. The number of anilines is 2. The molecule has 7 rings (SSSR count). The van der Waals surface area contributed by atoms with Crippen LogP contribution in [0, 0.1) is 10.1 Å². The van der Waals surface area contributed by atoms with E-state index in [1.54, 1.807) is 41.1 Å². The Morgan fingerprint density at radius 3 is 2.48 bits per heavy atom. The normalized spacial score (nSPS) is 21.8. The average molecular weight is 628 g/mol. The van der Waals surface area contributed by atoms with Gasteiger partial charge in [-0.25, -0.2) is 18.9 Å². The number of halogens is 2. The predicted octanol–water partition coefficient (Wildman–Crippen LogP) is 6.94. The van der Waals surface area contributed by atoms with E-state index in [2.05, 4.69) is 15.6 Å². The Morgan fingerprint density at radius 1 is 0.952 bits per heavy atom. The molecule has 0 bridgehead atoms. The van der Waals surface area contributed by atoms with Gasteiger partial charge in [0.15, 0.2) is 7.36 Å². The van der Waals surface area contributed by atoms with E-state index in [1.807, 2.05) is 0 Å². The number of nitrogens with zero attached hydrogens (tertiary/aromatic N) is 5. The number of aryl methyl sites for hydroxylation is 1. The number of benzene rings is 3. The standard InChI is InChI=1S/C29H28Cl2N5O5P/c30-22-10-9-20(18-23(22)31)35-29(37)41-28-21-6-4-12-33-11-3-5-19(27(21)33)17-26(28)42(35,34-13-15-40-16-14-34)32-24-7-1-2-8-25(24)36(38)39/h1-2,7-10,17-18H,3-6,11-16H2/t42-/m1/s1. The van der Waals surface area contributed by atoms with Crippen LogP contribution in [0.2, 0.25) is 10.0 Å². The van der Waals surface area contributed by atoms with E-state index in [-0.39, 0.29) is 16.4 Å². The van der Waals surface area contributed by atoms with Crippen LogP contribution < -0.4 is 19.6 Å². The third-order valence-corrected chi connectivity index (χ3v) is 12.6. The average Bonchev–Trinajstić information content (AvgIpc) is 3.00. The molecule has 0 N–H and O–H groups in total. The fraction of sp³-hybridized carbons (Fsp3) is 0.345. The van der Waals surface area contributed by atoms with Crippen LogP contribution in [0.5, 0.6) is 5.75 Å². The van der Waals surface area contributed by atoms with Crippen molar-refractivity contribution in [3.8, 4) is 5.75 Å². The molecule has 0 aliphatic carbocycles. The number of para-hydroxylation sites is 1. The van der Waals surface area contributed by atoms with E-state index in [9.17, 15) is 14.9 Å². The van der Waals surface area contributed by atoms with Gasteiger partial charge < -0.3 is 14.4 Å². The van der Waals surface area contributed by atoms with Gasteiger partial charge in [0.2, 0.25) is 0 Å². The van der Waals surface area contributed by atoms with Gasteiger partial charge in [0, 0.05) is 43.5 Å².